The van der Waals surface area contributed by atoms with Crippen LogP contribution >= 0.6 is 24.0 Å². The van der Waals surface area contributed by atoms with E-state index in [4.69, 9.17) is 12.2 Å². The van der Waals surface area contributed by atoms with Crippen molar-refractivity contribution in [2.24, 2.45) is 0 Å². The lowest BCUT2D eigenvalue weighted by atomic mass is 10.1. The van der Waals surface area contributed by atoms with Crippen LogP contribution in [0.1, 0.15) is 32.6 Å². The van der Waals surface area contributed by atoms with E-state index >= 15 is 0 Å². The first-order valence-electron chi connectivity index (χ1n) is 5.29. The number of thioether (sulfide) groups is 1. The highest BCUT2D eigenvalue weighted by Gasteiger charge is 2.32. The highest BCUT2D eigenvalue weighted by molar-refractivity contribution is 8.00. The highest BCUT2D eigenvalue weighted by Crippen LogP contribution is 2.39. The summed E-state index contributed by atoms with van der Waals surface area (Å²) in [4.78, 5) is 0. The van der Waals surface area contributed by atoms with Gasteiger partial charge in [0.2, 0.25) is 0 Å². The lowest BCUT2D eigenvalue weighted by Gasteiger charge is -2.27. The van der Waals surface area contributed by atoms with Crippen LogP contribution in [0.25, 0.3) is 0 Å². The van der Waals surface area contributed by atoms with Gasteiger partial charge in [0.05, 0.1) is 0 Å². The minimum Gasteiger partial charge on any atom is -0.363 e. The molecule has 4 heteroatoms. The van der Waals surface area contributed by atoms with Gasteiger partial charge in [-0.25, -0.2) is 0 Å². The molecule has 0 aliphatic heterocycles. The second-order valence-corrected chi connectivity index (χ2v) is 5.49. The third-order valence-corrected chi connectivity index (χ3v) is 4.56. The average Bonchev–Trinajstić information content (AvgIpc) is 2.65. The Morgan fingerprint density at radius 1 is 1.36 bits per heavy atom. The van der Waals surface area contributed by atoms with Crippen molar-refractivity contribution >= 4 is 29.1 Å². The first-order chi connectivity index (χ1) is 6.72. The van der Waals surface area contributed by atoms with E-state index in [1.807, 2.05) is 11.8 Å². The second-order valence-electron chi connectivity index (χ2n) is 3.81. The molecular formula is C10H20N2S2. The van der Waals surface area contributed by atoms with E-state index in [-0.39, 0.29) is 0 Å². The molecule has 0 unspecified atom stereocenters. The normalized spacial score (nSPS) is 19.3. The van der Waals surface area contributed by atoms with E-state index in [9.17, 15) is 0 Å². The standard InChI is InChI=1S/C10H20N2S2/c1-3-11-9(13)12-8-10(14-2)6-4-5-7-10/h3-8H2,1-2H3,(H2,11,12,13). The molecule has 1 aliphatic rings. The van der Waals surface area contributed by atoms with Gasteiger partial charge in [0.15, 0.2) is 5.11 Å². The van der Waals surface area contributed by atoms with Crippen LogP contribution in [-0.2, 0) is 0 Å². The Morgan fingerprint density at radius 2 is 2.00 bits per heavy atom. The van der Waals surface area contributed by atoms with Crippen LogP contribution in [0.2, 0.25) is 0 Å². The van der Waals surface area contributed by atoms with Crippen LogP contribution in [0.3, 0.4) is 0 Å². The average molecular weight is 232 g/mol. The van der Waals surface area contributed by atoms with Gasteiger partial charge in [0, 0.05) is 17.8 Å². The van der Waals surface area contributed by atoms with Gasteiger partial charge in [-0.2, -0.15) is 11.8 Å². The molecular weight excluding hydrogens is 212 g/mol. The summed E-state index contributed by atoms with van der Waals surface area (Å²) in [6.07, 6.45) is 7.61. The number of hydrogen-bond acceptors (Lipinski definition) is 2. The Morgan fingerprint density at radius 3 is 2.50 bits per heavy atom. The molecule has 1 fully saturated rings. The van der Waals surface area contributed by atoms with Crippen molar-refractivity contribution in [3.63, 3.8) is 0 Å². The smallest absolute Gasteiger partial charge is 0.166 e. The summed E-state index contributed by atoms with van der Waals surface area (Å²) in [5.74, 6) is 0. The number of thiocarbonyl (C=S) groups is 1. The summed E-state index contributed by atoms with van der Waals surface area (Å²) in [7, 11) is 0. The minimum atomic E-state index is 0.444. The molecule has 0 bridgehead atoms. The molecule has 0 aromatic heterocycles. The lowest BCUT2D eigenvalue weighted by Crippen LogP contribution is -2.43. The summed E-state index contributed by atoms with van der Waals surface area (Å²) >= 11 is 7.14. The van der Waals surface area contributed by atoms with Crippen molar-refractivity contribution in [1.82, 2.24) is 10.6 Å². The maximum absolute atomic E-state index is 5.15. The summed E-state index contributed by atoms with van der Waals surface area (Å²) in [5, 5.41) is 7.24. The fourth-order valence-electron chi connectivity index (χ4n) is 1.94. The maximum atomic E-state index is 5.15. The van der Waals surface area contributed by atoms with Crippen molar-refractivity contribution in [2.75, 3.05) is 19.3 Å². The third-order valence-electron chi connectivity index (χ3n) is 2.86. The highest BCUT2D eigenvalue weighted by atomic mass is 32.2. The van der Waals surface area contributed by atoms with E-state index in [0.29, 0.717) is 4.75 Å². The Kier molecular flexibility index (Phi) is 5.02. The Balaban J connectivity index is 2.30. The molecule has 0 heterocycles. The number of hydrogen-bond donors (Lipinski definition) is 2. The fraction of sp³-hybridized carbons (Fsp3) is 0.900. The molecule has 0 radical (unpaired) electrons. The quantitative estimate of drug-likeness (QED) is 0.725. The first-order valence-corrected chi connectivity index (χ1v) is 6.92. The molecule has 0 spiro atoms. The summed E-state index contributed by atoms with van der Waals surface area (Å²) in [5.41, 5.74) is 0. The Labute approximate surface area is 96.6 Å². The Bertz CT molecular complexity index is 189. The van der Waals surface area contributed by atoms with E-state index in [1.165, 1.54) is 25.7 Å². The minimum absolute atomic E-state index is 0.444. The summed E-state index contributed by atoms with van der Waals surface area (Å²) < 4.78 is 0.444. The van der Waals surface area contributed by atoms with E-state index in [1.54, 1.807) is 0 Å². The summed E-state index contributed by atoms with van der Waals surface area (Å²) in [6, 6.07) is 0. The predicted molar refractivity (Wildman–Crippen MR) is 69.0 cm³/mol. The number of rotatable bonds is 4. The topological polar surface area (TPSA) is 24.1 Å². The van der Waals surface area contributed by atoms with Crippen LogP contribution in [0, 0.1) is 0 Å². The van der Waals surface area contributed by atoms with Crippen LogP contribution < -0.4 is 10.6 Å². The second kappa shape index (κ2) is 5.81. The van der Waals surface area contributed by atoms with E-state index in [2.05, 4.69) is 23.8 Å². The zero-order valence-electron chi connectivity index (χ0n) is 9.06. The van der Waals surface area contributed by atoms with Crippen LogP contribution in [0.5, 0.6) is 0 Å². The van der Waals surface area contributed by atoms with Gasteiger partial charge in [0.1, 0.15) is 0 Å². The Hall–Kier alpha value is 0.0400. The van der Waals surface area contributed by atoms with Gasteiger partial charge in [-0.15, -0.1) is 0 Å². The van der Waals surface area contributed by atoms with Crippen molar-refractivity contribution in [2.45, 2.75) is 37.4 Å². The molecule has 2 nitrogen and oxygen atoms in total. The van der Waals surface area contributed by atoms with Gasteiger partial charge in [-0.05, 0) is 38.2 Å². The fourth-order valence-corrected chi connectivity index (χ4v) is 3.07. The summed E-state index contributed by atoms with van der Waals surface area (Å²) in [6.45, 7) is 3.98. The SMILES string of the molecule is CCNC(=S)NCC1(SC)CCCC1. The van der Waals surface area contributed by atoms with Gasteiger partial charge in [0.25, 0.3) is 0 Å². The van der Waals surface area contributed by atoms with Gasteiger partial charge < -0.3 is 10.6 Å². The van der Waals surface area contributed by atoms with Crippen LogP contribution in [0.4, 0.5) is 0 Å². The maximum Gasteiger partial charge on any atom is 0.166 e. The molecule has 0 saturated heterocycles. The zero-order chi connectivity index (χ0) is 10.4. The molecule has 2 N–H and O–H groups in total. The molecule has 0 aromatic carbocycles. The van der Waals surface area contributed by atoms with Crippen molar-refractivity contribution in [1.29, 1.82) is 0 Å². The third kappa shape index (κ3) is 3.31. The van der Waals surface area contributed by atoms with Crippen molar-refractivity contribution in [3.05, 3.63) is 0 Å². The molecule has 0 amide bonds. The van der Waals surface area contributed by atoms with Crippen LogP contribution in [-0.4, -0.2) is 29.2 Å². The molecule has 1 aliphatic carbocycles. The van der Waals surface area contributed by atoms with Gasteiger partial charge >= 0.3 is 0 Å². The van der Waals surface area contributed by atoms with Crippen molar-refractivity contribution in [3.8, 4) is 0 Å². The molecule has 14 heavy (non-hydrogen) atoms. The van der Waals surface area contributed by atoms with E-state index < -0.39 is 0 Å². The predicted octanol–water partition coefficient (Wildman–Crippen LogP) is 2.15. The molecule has 0 atom stereocenters. The number of nitrogens with one attached hydrogen (secondary N) is 2. The zero-order valence-corrected chi connectivity index (χ0v) is 10.7. The molecule has 1 rings (SSSR count). The largest absolute Gasteiger partial charge is 0.363 e. The molecule has 0 aromatic rings. The van der Waals surface area contributed by atoms with Gasteiger partial charge in [-0.3, -0.25) is 0 Å². The van der Waals surface area contributed by atoms with Gasteiger partial charge in [-0.1, -0.05) is 12.8 Å². The monoisotopic (exact) mass is 232 g/mol. The first kappa shape index (κ1) is 12.1. The van der Waals surface area contributed by atoms with E-state index in [0.717, 1.165) is 18.2 Å². The molecule has 82 valence electrons. The molecule has 1 saturated carbocycles. The van der Waals surface area contributed by atoms with Crippen LogP contribution in [0.15, 0.2) is 0 Å². The van der Waals surface area contributed by atoms with Crippen molar-refractivity contribution < 1.29 is 0 Å². The lowest BCUT2D eigenvalue weighted by molar-refractivity contribution is 0.588.